The summed E-state index contributed by atoms with van der Waals surface area (Å²) in [6, 6.07) is 0. The molecule has 2 heteroatoms. The lowest BCUT2D eigenvalue weighted by atomic mass is 10.1. The Labute approximate surface area is 81.6 Å². The van der Waals surface area contributed by atoms with E-state index in [-0.39, 0.29) is 6.10 Å². The van der Waals surface area contributed by atoms with E-state index in [0.29, 0.717) is 6.61 Å². The van der Waals surface area contributed by atoms with Gasteiger partial charge in [-0.15, -0.1) is 6.58 Å². The molecule has 1 unspecified atom stereocenters. The minimum atomic E-state index is -0.197. The molecular weight excluding hydrogens is 164 g/mol. The van der Waals surface area contributed by atoms with Gasteiger partial charge in [0.25, 0.3) is 0 Å². The number of hydrogen-bond acceptors (Lipinski definition) is 2. The van der Waals surface area contributed by atoms with E-state index in [0.717, 1.165) is 38.7 Å². The highest BCUT2D eigenvalue weighted by atomic mass is 16.5. The van der Waals surface area contributed by atoms with Gasteiger partial charge in [0.1, 0.15) is 0 Å². The van der Waals surface area contributed by atoms with Crippen molar-refractivity contribution in [3.8, 4) is 0 Å². The Morgan fingerprint density at radius 1 is 1.38 bits per heavy atom. The molecule has 1 N–H and O–H groups in total. The maximum atomic E-state index is 9.46. The van der Waals surface area contributed by atoms with Gasteiger partial charge in [-0.3, -0.25) is 0 Å². The SMILES string of the molecule is C=CCCCC(O)CCOCCC. The Morgan fingerprint density at radius 2 is 2.15 bits per heavy atom. The monoisotopic (exact) mass is 186 g/mol. The van der Waals surface area contributed by atoms with Crippen molar-refractivity contribution in [1.82, 2.24) is 0 Å². The minimum absolute atomic E-state index is 0.197. The van der Waals surface area contributed by atoms with Crippen LogP contribution in [0.15, 0.2) is 12.7 Å². The first-order chi connectivity index (χ1) is 6.31. The summed E-state index contributed by atoms with van der Waals surface area (Å²) in [6.07, 6.45) is 6.38. The van der Waals surface area contributed by atoms with Crippen LogP contribution >= 0.6 is 0 Å². The van der Waals surface area contributed by atoms with E-state index in [2.05, 4.69) is 13.5 Å². The summed E-state index contributed by atoms with van der Waals surface area (Å²) in [6.45, 7) is 7.21. The Kier molecular flexibility index (Phi) is 9.49. The molecule has 0 saturated carbocycles. The van der Waals surface area contributed by atoms with Crippen LogP contribution in [0.25, 0.3) is 0 Å². The van der Waals surface area contributed by atoms with Crippen molar-refractivity contribution in [2.24, 2.45) is 0 Å². The summed E-state index contributed by atoms with van der Waals surface area (Å²) < 4.78 is 5.28. The predicted octanol–water partition coefficient (Wildman–Crippen LogP) is 2.52. The average molecular weight is 186 g/mol. The lowest BCUT2D eigenvalue weighted by Crippen LogP contribution is -2.10. The number of ether oxygens (including phenoxy) is 1. The van der Waals surface area contributed by atoms with E-state index in [1.54, 1.807) is 0 Å². The third-order valence-electron chi connectivity index (χ3n) is 1.89. The summed E-state index contributed by atoms with van der Waals surface area (Å²) in [7, 11) is 0. The van der Waals surface area contributed by atoms with E-state index >= 15 is 0 Å². The maximum Gasteiger partial charge on any atom is 0.0562 e. The Balaban J connectivity index is 3.09. The van der Waals surface area contributed by atoms with Crippen LogP contribution in [-0.4, -0.2) is 24.4 Å². The molecule has 0 spiro atoms. The normalized spacial score (nSPS) is 12.8. The number of aliphatic hydroxyl groups excluding tert-OH is 1. The molecule has 0 rings (SSSR count). The van der Waals surface area contributed by atoms with Gasteiger partial charge in [-0.05, 0) is 32.1 Å². The lowest BCUT2D eigenvalue weighted by Gasteiger charge is -2.09. The number of unbranched alkanes of at least 4 members (excludes halogenated alkanes) is 1. The second-order valence-corrected chi connectivity index (χ2v) is 3.27. The first kappa shape index (κ1) is 12.7. The first-order valence-corrected chi connectivity index (χ1v) is 5.18. The zero-order valence-electron chi connectivity index (χ0n) is 8.67. The summed E-state index contributed by atoms with van der Waals surface area (Å²) >= 11 is 0. The van der Waals surface area contributed by atoms with Crippen LogP contribution in [0, 0.1) is 0 Å². The average Bonchev–Trinajstić information content (AvgIpc) is 2.13. The van der Waals surface area contributed by atoms with Gasteiger partial charge in [0.05, 0.1) is 6.10 Å². The summed E-state index contributed by atoms with van der Waals surface area (Å²) in [4.78, 5) is 0. The molecular formula is C11H22O2. The molecule has 78 valence electrons. The van der Waals surface area contributed by atoms with Crippen molar-refractivity contribution < 1.29 is 9.84 Å². The summed E-state index contributed by atoms with van der Waals surface area (Å²) in [5.41, 5.74) is 0. The van der Waals surface area contributed by atoms with Gasteiger partial charge >= 0.3 is 0 Å². The molecule has 0 saturated heterocycles. The van der Waals surface area contributed by atoms with Crippen molar-refractivity contribution in [2.45, 2.75) is 45.1 Å². The van der Waals surface area contributed by atoms with Crippen LogP contribution in [0.2, 0.25) is 0 Å². The number of rotatable bonds is 9. The lowest BCUT2D eigenvalue weighted by molar-refractivity contribution is 0.0776. The van der Waals surface area contributed by atoms with Gasteiger partial charge in [0, 0.05) is 13.2 Å². The highest BCUT2D eigenvalue weighted by Gasteiger charge is 2.02. The van der Waals surface area contributed by atoms with Crippen molar-refractivity contribution in [1.29, 1.82) is 0 Å². The standard InChI is InChI=1S/C11H22O2/c1-3-5-6-7-11(12)8-10-13-9-4-2/h3,11-12H,1,4-10H2,2H3. The Hall–Kier alpha value is -0.340. The molecule has 0 aliphatic rings. The van der Waals surface area contributed by atoms with Gasteiger partial charge < -0.3 is 9.84 Å². The fourth-order valence-corrected chi connectivity index (χ4v) is 1.11. The van der Waals surface area contributed by atoms with Crippen LogP contribution < -0.4 is 0 Å². The second-order valence-electron chi connectivity index (χ2n) is 3.27. The number of hydrogen-bond donors (Lipinski definition) is 1. The van der Waals surface area contributed by atoms with Crippen molar-refractivity contribution in [3.63, 3.8) is 0 Å². The quantitative estimate of drug-likeness (QED) is 0.443. The molecule has 2 nitrogen and oxygen atoms in total. The van der Waals surface area contributed by atoms with Gasteiger partial charge in [-0.2, -0.15) is 0 Å². The Bertz CT molecular complexity index is 113. The zero-order valence-corrected chi connectivity index (χ0v) is 8.67. The molecule has 0 amide bonds. The van der Waals surface area contributed by atoms with Crippen LogP contribution in [0.1, 0.15) is 39.0 Å². The van der Waals surface area contributed by atoms with Crippen molar-refractivity contribution in [2.75, 3.05) is 13.2 Å². The first-order valence-electron chi connectivity index (χ1n) is 5.18. The van der Waals surface area contributed by atoms with E-state index in [1.165, 1.54) is 0 Å². The Morgan fingerprint density at radius 3 is 2.77 bits per heavy atom. The van der Waals surface area contributed by atoms with Gasteiger partial charge in [0.2, 0.25) is 0 Å². The number of aliphatic hydroxyl groups is 1. The van der Waals surface area contributed by atoms with E-state index in [9.17, 15) is 5.11 Å². The summed E-state index contributed by atoms with van der Waals surface area (Å²) in [5.74, 6) is 0. The smallest absolute Gasteiger partial charge is 0.0562 e. The molecule has 0 aromatic heterocycles. The predicted molar refractivity (Wildman–Crippen MR) is 55.8 cm³/mol. The highest BCUT2D eigenvalue weighted by molar-refractivity contribution is 4.67. The van der Waals surface area contributed by atoms with E-state index in [4.69, 9.17) is 4.74 Å². The molecule has 13 heavy (non-hydrogen) atoms. The van der Waals surface area contributed by atoms with Gasteiger partial charge in [-0.1, -0.05) is 13.0 Å². The third kappa shape index (κ3) is 9.57. The molecule has 0 heterocycles. The van der Waals surface area contributed by atoms with Gasteiger partial charge in [0.15, 0.2) is 0 Å². The molecule has 0 bridgehead atoms. The molecule has 0 fully saturated rings. The fourth-order valence-electron chi connectivity index (χ4n) is 1.11. The van der Waals surface area contributed by atoms with E-state index < -0.39 is 0 Å². The van der Waals surface area contributed by atoms with Crippen LogP contribution in [0.4, 0.5) is 0 Å². The molecule has 0 aromatic carbocycles. The minimum Gasteiger partial charge on any atom is -0.393 e. The molecule has 1 atom stereocenters. The fraction of sp³-hybridized carbons (Fsp3) is 0.818. The van der Waals surface area contributed by atoms with Crippen LogP contribution in [-0.2, 0) is 4.74 Å². The maximum absolute atomic E-state index is 9.46. The molecule has 0 aromatic rings. The van der Waals surface area contributed by atoms with E-state index in [1.807, 2.05) is 6.08 Å². The largest absolute Gasteiger partial charge is 0.393 e. The number of allylic oxidation sites excluding steroid dienone is 1. The van der Waals surface area contributed by atoms with Crippen LogP contribution in [0.5, 0.6) is 0 Å². The third-order valence-corrected chi connectivity index (χ3v) is 1.89. The molecule has 0 aliphatic heterocycles. The highest BCUT2D eigenvalue weighted by Crippen LogP contribution is 2.04. The van der Waals surface area contributed by atoms with Gasteiger partial charge in [-0.25, -0.2) is 0 Å². The van der Waals surface area contributed by atoms with Crippen LogP contribution in [0.3, 0.4) is 0 Å². The van der Waals surface area contributed by atoms with Crippen molar-refractivity contribution in [3.05, 3.63) is 12.7 Å². The zero-order chi connectivity index (χ0) is 9.94. The summed E-state index contributed by atoms with van der Waals surface area (Å²) in [5, 5.41) is 9.46. The van der Waals surface area contributed by atoms with Crippen molar-refractivity contribution >= 4 is 0 Å². The topological polar surface area (TPSA) is 29.5 Å². The molecule has 0 aliphatic carbocycles. The molecule has 0 radical (unpaired) electrons. The second kappa shape index (κ2) is 9.75.